The quantitative estimate of drug-likeness (QED) is 0.224. The average Bonchev–Trinajstić information content (AvgIpc) is 2.87. The van der Waals surface area contributed by atoms with Crippen LogP contribution in [0.25, 0.3) is 5.57 Å². The molecule has 7 heteroatoms. The number of rotatable bonds is 11. The van der Waals surface area contributed by atoms with Crippen LogP contribution in [0.2, 0.25) is 0 Å². The fraction of sp³-hybridized carbons (Fsp3) is 0.429. The van der Waals surface area contributed by atoms with Crippen molar-refractivity contribution in [1.29, 1.82) is 0 Å². The third-order valence-corrected chi connectivity index (χ3v) is 9.78. The van der Waals surface area contributed by atoms with Crippen molar-refractivity contribution in [3.8, 4) is 5.75 Å². The summed E-state index contributed by atoms with van der Waals surface area (Å²) in [4.78, 5) is 0.789. The zero-order valence-electron chi connectivity index (χ0n) is 21.2. The third kappa shape index (κ3) is 7.99. The van der Waals surface area contributed by atoms with E-state index >= 15 is 0 Å². The first-order valence-corrected chi connectivity index (χ1v) is 15.3. The minimum absolute atomic E-state index is 0.287. The molecule has 0 aliphatic carbocycles. The van der Waals surface area contributed by atoms with Gasteiger partial charge in [0.15, 0.2) is 6.29 Å². The van der Waals surface area contributed by atoms with E-state index in [-0.39, 0.29) is 6.29 Å². The lowest BCUT2D eigenvalue weighted by Crippen LogP contribution is -2.13. The van der Waals surface area contributed by atoms with Crippen LogP contribution >= 0.6 is 23.5 Å². The molecule has 2 aromatic rings. The van der Waals surface area contributed by atoms with Gasteiger partial charge in [-0.3, -0.25) is 0 Å². The van der Waals surface area contributed by atoms with Crippen molar-refractivity contribution in [2.75, 3.05) is 31.8 Å². The lowest BCUT2D eigenvalue weighted by Gasteiger charge is -2.27. The Kier molecular flexibility index (Phi) is 11.5. The molecule has 1 unspecified atom stereocenters. The Morgan fingerprint density at radius 2 is 1.83 bits per heavy atom. The Hall–Kier alpha value is -1.51. The molecule has 190 valence electrons. The molecule has 0 saturated carbocycles. The van der Waals surface area contributed by atoms with E-state index in [1.165, 1.54) is 12.0 Å². The second-order valence-electron chi connectivity index (χ2n) is 8.21. The van der Waals surface area contributed by atoms with Crippen LogP contribution in [0, 0.1) is 13.8 Å². The van der Waals surface area contributed by atoms with E-state index < -0.39 is 10.8 Å². The van der Waals surface area contributed by atoms with Crippen molar-refractivity contribution >= 4 is 39.9 Å². The Labute approximate surface area is 221 Å². The summed E-state index contributed by atoms with van der Waals surface area (Å²) < 4.78 is 30.4. The molecule has 4 nitrogen and oxygen atoms in total. The summed E-state index contributed by atoms with van der Waals surface area (Å²) in [5, 5.41) is 1.77. The molecule has 0 amide bonds. The highest BCUT2D eigenvalue weighted by molar-refractivity contribution is 8.16. The number of aryl methyl sites for hydroxylation is 1. The van der Waals surface area contributed by atoms with Crippen LogP contribution in [0.1, 0.15) is 47.1 Å². The van der Waals surface area contributed by atoms with Gasteiger partial charge in [0.05, 0.1) is 29.1 Å². The van der Waals surface area contributed by atoms with Gasteiger partial charge in [-0.1, -0.05) is 29.8 Å². The van der Waals surface area contributed by atoms with Gasteiger partial charge in [-0.05, 0) is 92.2 Å². The topological polar surface area (TPSA) is 44.8 Å². The zero-order valence-corrected chi connectivity index (χ0v) is 23.7. The fourth-order valence-corrected chi connectivity index (χ4v) is 7.82. The standard InChI is InChI=1S/C28H36O4S3/c1-6-31-22(4)32-16-14-23(15-19-35(29)24-10-8-20(2)9-11-24)25-12-13-26(30-5)21(3)27(25)28-33-17-7-18-34-28/h8-15,19,22,28H,6-7,16-18H2,1-5H3/b19-15-,23-14-/t22?,35-/m1/s1. The fourth-order valence-electron chi connectivity index (χ4n) is 3.85. The molecule has 35 heavy (non-hydrogen) atoms. The van der Waals surface area contributed by atoms with E-state index in [4.69, 9.17) is 14.2 Å². The summed E-state index contributed by atoms with van der Waals surface area (Å²) in [6.07, 6.45) is 4.96. The third-order valence-electron chi connectivity index (χ3n) is 5.72. The molecular weight excluding hydrogens is 497 g/mol. The maximum Gasteiger partial charge on any atom is 0.155 e. The SMILES string of the molecule is CCOC(C)OC/C=C(/C=C\[S@@](=O)c1ccc(C)cc1)c1ccc(OC)c(C)c1C1SCCCS1. The summed E-state index contributed by atoms with van der Waals surface area (Å²) in [6.45, 7) is 9.01. The maximum atomic E-state index is 13.0. The minimum Gasteiger partial charge on any atom is -0.496 e. The molecule has 1 aliphatic rings. The van der Waals surface area contributed by atoms with E-state index in [1.807, 2.05) is 80.7 Å². The number of benzene rings is 2. The summed E-state index contributed by atoms with van der Waals surface area (Å²) >= 11 is 3.97. The van der Waals surface area contributed by atoms with Gasteiger partial charge in [-0.25, -0.2) is 4.21 Å². The van der Waals surface area contributed by atoms with Gasteiger partial charge in [-0.15, -0.1) is 23.5 Å². The summed E-state index contributed by atoms with van der Waals surface area (Å²) in [5.74, 6) is 3.19. The van der Waals surface area contributed by atoms with Crippen LogP contribution in [0.4, 0.5) is 0 Å². The smallest absolute Gasteiger partial charge is 0.155 e. The summed E-state index contributed by atoms with van der Waals surface area (Å²) in [6, 6.07) is 12.0. The van der Waals surface area contributed by atoms with Gasteiger partial charge < -0.3 is 14.2 Å². The van der Waals surface area contributed by atoms with Crippen molar-refractivity contribution in [2.45, 2.75) is 49.9 Å². The molecule has 0 spiro atoms. The van der Waals surface area contributed by atoms with Gasteiger partial charge in [0.25, 0.3) is 0 Å². The second-order valence-corrected chi connectivity index (χ2v) is 12.3. The first kappa shape index (κ1) is 28.1. The van der Waals surface area contributed by atoms with Crippen LogP contribution in [0.15, 0.2) is 58.9 Å². The molecule has 2 aromatic carbocycles. The number of hydrogen-bond acceptors (Lipinski definition) is 6. The highest BCUT2D eigenvalue weighted by Crippen LogP contribution is 2.48. The Balaban J connectivity index is 1.99. The van der Waals surface area contributed by atoms with Crippen LogP contribution in [0.3, 0.4) is 0 Å². The van der Waals surface area contributed by atoms with E-state index in [9.17, 15) is 4.21 Å². The number of ether oxygens (including phenoxy) is 3. The van der Waals surface area contributed by atoms with Crippen LogP contribution < -0.4 is 4.74 Å². The van der Waals surface area contributed by atoms with Crippen molar-refractivity contribution in [3.63, 3.8) is 0 Å². The summed E-state index contributed by atoms with van der Waals surface area (Å²) in [5.41, 5.74) is 5.69. The largest absolute Gasteiger partial charge is 0.496 e. The number of allylic oxidation sites excluding steroid dienone is 2. The van der Waals surface area contributed by atoms with E-state index in [2.05, 4.69) is 19.1 Å². The van der Waals surface area contributed by atoms with Crippen LogP contribution in [-0.2, 0) is 20.3 Å². The van der Waals surface area contributed by atoms with E-state index in [1.54, 1.807) is 12.5 Å². The average molecular weight is 533 g/mol. The van der Waals surface area contributed by atoms with Crippen LogP contribution in [0.5, 0.6) is 5.75 Å². The van der Waals surface area contributed by atoms with E-state index in [0.717, 1.165) is 44.4 Å². The number of thioether (sulfide) groups is 2. The normalized spacial score (nSPS) is 17.0. The molecule has 0 aromatic heterocycles. The van der Waals surface area contributed by atoms with Crippen molar-refractivity contribution in [3.05, 3.63) is 76.2 Å². The second kappa shape index (κ2) is 14.3. The molecule has 2 atom stereocenters. The number of methoxy groups -OCH3 is 1. The lowest BCUT2D eigenvalue weighted by atomic mass is 9.95. The van der Waals surface area contributed by atoms with Gasteiger partial charge in [0.1, 0.15) is 5.75 Å². The Morgan fingerprint density at radius 1 is 1.11 bits per heavy atom. The highest BCUT2D eigenvalue weighted by atomic mass is 32.2. The van der Waals surface area contributed by atoms with Crippen LogP contribution in [-0.4, -0.2) is 42.3 Å². The molecule has 0 bridgehead atoms. The van der Waals surface area contributed by atoms with Crippen molar-refractivity contribution in [1.82, 2.24) is 0 Å². The summed E-state index contributed by atoms with van der Waals surface area (Å²) in [7, 11) is 0.471. The first-order chi connectivity index (χ1) is 16.9. The molecule has 3 rings (SSSR count). The predicted molar refractivity (Wildman–Crippen MR) is 152 cm³/mol. The molecule has 1 saturated heterocycles. The van der Waals surface area contributed by atoms with Gasteiger partial charge in [0, 0.05) is 16.9 Å². The minimum atomic E-state index is -1.25. The van der Waals surface area contributed by atoms with Gasteiger partial charge >= 0.3 is 0 Å². The Morgan fingerprint density at radius 3 is 2.49 bits per heavy atom. The van der Waals surface area contributed by atoms with E-state index in [0.29, 0.717) is 17.8 Å². The zero-order chi connectivity index (χ0) is 25.2. The predicted octanol–water partition coefficient (Wildman–Crippen LogP) is 7.28. The molecular formula is C28H36O4S3. The first-order valence-electron chi connectivity index (χ1n) is 11.9. The van der Waals surface area contributed by atoms with Crippen molar-refractivity contribution in [2.24, 2.45) is 0 Å². The highest BCUT2D eigenvalue weighted by Gasteiger charge is 2.24. The van der Waals surface area contributed by atoms with Crippen molar-refractivity contribution < 1.29 is 18.4 Å². The monoisotopic (exact) mass is 532 g/mol. The van der Waals surface area contributed by atoms with Gasteiger partial charge in [-0.2, -0.15) is 0 Å². The van der Waals surface area contributed by atoms with Gasteiger partial charge in [0.2, 0.25) is 0 Å². The molecule has 1 heterocycles. The Bertz CT molecular complexity index is 1040. The molecule has 0 N–H and O–H groups in total. The molecule has 1 aliphatic heterocycles. The number of hydrogen-bond donors (Lipinski definition) is 0. The lowest BCUT2D eigenvalue weighted by molar-refractivity contribution is -0.118. The maximum absolute atomic E-state index is 13.0. The molecule has 1 fully saturated rings. The molecule has 0 radical (unpaired) electrons.